The number of nitrogens with one attached hydrogen (secondary N) is 1. The number of anilines is 2. The van der Waals surface area contributed by atoms with Crippen molar-refractivity contribution in [3.63, 3.8) is 0 Å². The van der Waals surface area contributed by atoms with Crippen molar-refractivity contribution < 1.29 is 4.79 Å². The van der Waals surface area contributed by atoms with Crippen LogP contribution in [0.3, 0.4) is 0 Å². The average molecular weight is 359 g/mol. The van der Waals surface area contributed by atoms with E-state index >= 15 is 0 Å². The maximum atomic E-state index is 13.1. The number of carbonyl (C=O) groups is 1. The minimum Gasteiger partial charge on any atom is -0.399 e. The summed E-state index contributed by atoms with van der Waals surface area (Å²) in [6.07, 6.45) is 0.781. The van der Waals surface area contributed by atoms with Gasteiger partial charge in [0.25, 0.3) is 0 Å². The standard InChI is InChI=1S/C23H25N3O/c1-16(15-17-5-3-2-4-6-17)26-23(27)22(18-7-11-20(24)12-8-18)19-9-13-21(25)14-10-19/h2-14,16,22H,15,24-25H2,1H3,(H,26,27)/t16-/m0/s1. The second kappa shape index (κ2) is 8.41. The van der Waals surface area contributed by atoms with E-state index < -0.39 is 5.92 Å². The second-order valence-electron chi connectivity index (χ2n) is 6.87. The Bertz CT molecular complexity index is 828. The van der Waals surface area contributed by atoms with Gasteiger partial charge in [-0.1, -0.05) is 54.6 Å². The van der Waals surface area contributed by atoms with E-state index in [1.54, 1.807) is 0 Å². The molecule has 3 aromatic carbocycles. The van der Waals surface area contributed by atoms with Crippen molar-refractivity contribution in [3.8, 4) is 0 Å². The molecule has 0 saturated carbocycles. The number of benzene rings is 3. The van der Waals surface area contributed by atoms with Gasteiger partial charge in [-0.2, -0.15) is 0 Å². The molecule has 0 unspecified atom stereocenters. The van der Waals surface area contributed by atoms with Crippen molar-refractivity contribution >= 4 is 17.3 Å². The van der Waals surface area contributed by atoms with Gasteiger partial charge in [0.2, 0.25) is 5.91 Å². The molecule has 3 aromatic rings. The van der Waals surface area contributed by atoms with Crippen LogP contribution in [0.5, 0.6) is 0 Å². The zero-order valence-electron chi connectivity index (χ0n) is 15.4. The van der Waals surface area contributed by atoms with Gasteiger partial charge in [0.1, 0.15) is 0 Å². The van der Waals surface area contributed by atoms with E-state index in [9.17, 15) is 4.79 Å². The van der Waals surface area contributed by atoms with Crippen LogP contribution < -0.4 is 16.8 Å². The average Bonchev–Trinajstić information content (AvgIpc) is 2.66. The van der Waals surface area contributed by atoms with Crippen molar-refractivity contribution in [2.75, 3.05) is 11.5 Å². The zero-order valence-corrected chi connectivity index (χ0v) is 15.4. The Morgan fingerprint density at radius 1 is 0.815 bits per heavy atom. The number of nitrogen functional groups attached to an aromatic ring is 2. The van der Waals surface area contributed by atoms with E-state index in [0.29, 0.717) is 11.4 Å². The van der Waals surface area contributed by atoms with Gasteiger partial charge in [-0.05, 0) is 54.3 Å². The molecule has 0 aliphatic heterocycles. The number of hydrogen-bond acceptors (Lipinski definition) is 3. The van der Waals surface area contributed by atoms with E-state index in [4.69, 9.17) is 11.5 Å². The maximum absolute atomic E-state index is 13.1. The Hall–Kier alpha value is -3.27. The summed E-state index contributed by atoms with van der Waals surface area (Å²) in [6.45, 7) is 2.02. The van der Waals surface area contributed by atoms with Crippen LogP contribution in [0.25, 0.3) is 0 Å². The molecule has 4 nitrogen and oxygen atoms in total. The van der Waals surface area contributed by atoms with Gasteiger partial charge in [-0.25, -0.2) is 0 Å². The lowest BCUT2D eigenvalue weighted by molar-refractivity contribution is -0.122. The van der Waals surface area contributed by atoms with Gasteiger partial charge in [0.15, 0.2) is 0 Å². The molecule has 0 spiro atoms. The molecule has 3 rings (SSSR count). The number of rotatable bonds is 6. The summed E-state index contributed by atoms with van der Waals surface area (Å²) in [4.78, 5) is 13.1. The Labute approximate surface area is 160 Å². The first-order valence-corrected chi connectivity index (χ1v) is 9.08. The summed E-state index contributed by atoms with van der Waals surface area (Å²) in [5, 5.41) is 3.15. The fourth-order valence-corrected chi connectivity index (χ4v) is 3.22. The van der Waals surface area contributed by atoms with Crippen LogP contribution in [0.4, 0.5) is 11.4 Å². The number of nitrogens with two attached hydrogens (primary N) is 2. The summed E-state index contributed by atoms with van der Waals surface area (Å²) >= 11 is 0. The van der Waals surface area contributed by atoms with Crippen LogP contribution >= 0.6 is 0 Å². The minimum absolute atomic E-state index is 0.0185. The summed E-state index contributed by atoms with van der Waals surface area (Å²) in [5.74, 6) is -0.447. The first-order chi connectivity index (χ1) is 13.0. The molecule has 138 valence electrons. The Kier molecular flexibility index (Phi) is 5.77. The van der Waals surface area contributed by atoms with Gasteiger partial charge in [0.05, 0.1) is 5.92 Å². The van der Waals surface area contributed by atoms with Crippen LogP contribution in [0.2, 0.25) is 0 Å². The van der Waals surface area contributed by atoms with Gasteiger partial charge in [-0.15, -0.1) is 0 Å². The summed E-state index contributed by atoms with van der Waals surface area (Å²) in [7, 11) is 0. The fourth-order valence-electron chi connectivity index (χ4n) is 3.22. The van der Waals surface area contributed by atoms with E-state index in [1.807, 2.05) is 73.7 Å². The van der Waals surface area contributed by atoms with Gasteiger partial charge >= 0.3 is 0 Å². The van der Waals surface area contributed by atoms with Crippen molar-refractivity contribution in [1.29, 1.82) is 0 Å². The highest BCUT2D eigenvalue weighted by molar-refractivity contribution is 5.87. The van der Waals surface area contributed by atoms with Crippen LogP contribution in [-0.2, 0) is 11.2 Å². The van der Waals surface area contributed by atoms with E-state index in [1.165, 1.54) is 5.56 Å². The van der Waals surface area contributed by atoms with Gasteiger partial charge in [-0.3, -0.25) is 4.79 Å². The smallest absolute Gasteiger partial charge is 0.232 e. The molecule has 0 aliphatic rings. The third kappa shape index (κ3) is 4.88. The topological polar surface area (TPSA) is 81.1 Å². The molecule has 4 heteroatoms. The lowest BCUT2D eigenvalue weighted by Gasteiger charge is -2.21. The molecule has 0 aliphatic carbocycles. The van der Waals surface area contributed by atoms with Crippen LogP contribution in [0.15, 0.2) is 78.9 Å². The minimum atomic E-state index is -0.413. The summed E-state index contributed by atoms with van der Waals surface area (Å²) in [5.41, 5.74) is 16.0. The predicted octanol–water partition coefficient (Wildman–Crippen LogP) is 3.73. The third-order valence-electron chi connectivity index (χ3n) is 4.58. The molecule has 0 fully saturated rings. The lowest BCUT2D eigenvalue weighted by Crippen LogP contribution is -2.38. The van der Waals surface area contributed by atoms with Gasteiger partial charge < -0.3 is 16.8 Å². The normalized spacial score (nSPS) is 11.9. The van der Waals surface area contributed by atoms with E-state index in [0.717, 1.165) is 17.5 Å². The van der Waals surface area contributed by atoms with E-state index in [-0.39, 0.29) is 11.9 Å². The Morgan fingerprint density at radius 3 is 1.78 bits per heavy atom. The molecule has 0 heterocycles. The first-order valence-electron chi connectivity index (χ1n) is 9.08. The number of amides is 1. The molecule has 0 saturated heterocycles. The molecule has 0 radical (unpaired) electrons. The van der Waals surface area contributed by atoms with E-state index in [2.05, 4.69) is 17.4 Å². The summed E-state index contributed by atoms with van der Waals surface area (Å²) < 4.78 is 0. The number of hydrogen-bond donors (Lipinski definition) is 3. The predicted molar refractivity (Wildman–Crippen MR) is 111 cm³/mol. The first kappa shape index (κ1) is 18.5. The Morgan fingerprint density at radius 2 is 1.30 bits per heavy atom. The molecule has 1 amide bonds. The number of carbonyl (C=O) groups excluding carboxylic acids is 1. The van der Waals surface area contributed by atoms with Gasteiger partial charge in [0, 0.05) is 17.4 Å². The molecule has 27 heavy (non-hydrogen) atoms. The molecule has 0 bridgehead atoms. The second-order valence-corrected chi connectivity index (χ2v) is 6.87. The quantitative estimate of drug-likeness (QED) is 0.587. The highest BCUT2D eigenvalue weighted by atomic mass is 16.1. The van der Waals surface area contributed by atoms with Crippen LogP contribution in [0.1, 0.15) is 29.5 Å². The van der Waals surface area contributed by atoms with Crippen LogP contribution in [-0.4, -0.2) is 11.9 Å². The monoisotopic (exact) mass is 359 g/mol. The molecule has 1 atom stereocenters. The SMILES string of the molecule is C[C@@H](Cc1ccccc1)NC(=O)C(c1ccc(N)cc1)c1ccc(N)cc1. The van der Waals surface area contributed by atoms with Crippen LogP contribution in [0, 0.1) is 0 Å². The Balaban J connectivity index is 1.82. The summed E-state index contributed by atoms with van der Waals surface area (Å²) in [6, 6.07) is 25.0. The van der Waals surface area contributed by atoms with Crippen molar-refractivity contribution in [3.05, 3.63) is 95.6 Å². The lowest BCUT2D eigenvalue weighted by atomic mass is 9.89. The molecule has 5 N–H and O–H groups in total. The molecular weight excluding hydrogens is 334 g/mol. The third-order valence-corrected chi connectivity index (χ3v) is 4.58. The zero-order chi connectivity index (χ0) is 19.2. The largest absolute Gasteiger partial charge is 0.399 e. The maximum Gasteiger partial charge on any atom is 0.232 e. The highest BCUT2D eigenvalue weighted by Gasteiger charge is 2.24. The fraction of sp³-hybridized carbons (Fsp3) is 0.174. The van der Waals surface area contributed by atoms with Crippen molar-refractivity contribution in [1.82, 2.24) is 5.32 Å². The molecular formula is C23H25N3O. The van der Waals surface area contributed by atoms with Crippen molar-refractivity contribution in [2.45, 2.75) is 25.3 Å². The highest BCUT2D eigenvalue weighted by Crippen LogP contribution is 2.27. The molecule has 0 aromatic heterocycles. The van der Waals surface area contributed by atoms with Crippen molar-refractivity contribution in [2.24, 2.45) is 0 Å².